The quantitative estimate of drug-likeness (QED) is 0.843. The number of carbonyl (C=O) groups excluding carboxylic acids is 2. The van der Waals surface area contributed by atoms with Crippen molar-refractivity contribution in [1.82, 2.24) is 15.2 Å². The molecule has 0 aliphatic carbocycles. The fourth-order valence-corrected chi connectivity index (χ4v) is 1.97. The second-order valence-corrected chi connectivity index (χ2v) is 5.75. The summed E-state index contributed by atoms with van der Waals surface area (Å²) in [7, 11) is 3.32. The van der Waals surface area contributed by atoms with Crippen molar-refractivity contribution in [1.29, 1.82) is 0 Å². The Kier molecular flexibility index (Phi) is 6.33. The van der Waals surface area contributed by atoms with Gasteiger partial charge in [0.1, 0.15) is 5.75 Å². The zero-order valence-electron chi connectivity index (χ0n) is 14.6. The van der Waals surface area contributed by atoms with Crippen LogP contribution in [-0.2, 0) is 11.3 Å². The molecule has 0 atom stereocenters. The Bertz CT molecular complexity index is 732. The van der Waals surface area contributed by atoms with Crippen LogP contribution in [0.5, 0.6) is 5.75 Å². The van der Waals surface area contributed by atoms with Gasteiger partial charge in [0, 0.05) is 33.0 Å². The molecule has 0 unspecified atom stereocenters. The van der Waals surface area contributed by atoms with Gasteiger partial charge in [-0.05, 0) is 36.2 Å². The average molecular weight is 342 g/mol. The van der Waals surface area contributed by atoms with Gasteiger partial charge < -0.3 is 20.3 Å². The van der Waals surface area contributed by atoms with E-state index in [0.29, 0.717) is 18.0 Å². The number of ether oxygens (including phenoxy) is 1. The number of amides is 3. The Morgan fingerprint density at radius 3 is 2.72 bits per heavy atom. The number of anilines is 1. The lowest BCUT2D eigenvalue weighted by Crippen LogP contribution is -2.29. The van der Waals surface area contributed by atoms with E-state index in [1.165, 1.54) is 4.90 Å². The number of hydrogen-bond acceptors (Lipinski definition) is 4. The maximum Gasteiger partial charge on any atom is 0.319 e. The normalized spacial score (nSPS) is 10.0. The Morgan fingerprint density at radius 1 is 1.24 bits per heavy atom. The molecule has 0 aliphatic heterocycles. The van der Waals surface area contributed by atoms with Crippen LogP contribution in [0.15, 0.2) is 42.7 Å². The minimum absolute atomic E-state index is 0.0948. The van der Waals surface area contributed by atoms with Gasteiger partial charge in [0.25, 0.3) is 5.91 Å². The molecule has 0 saturated heterocycles. The van der Waals surface area contributed by atoms with Crippen molar-refractivity contribution in [2.45, 2.75) is 13.5 Å². The van der Waals surface area contributed by atoms with Crippen molar-refractivity contribution in [2.24, 2.45) is 0 Å². The van der Waals surface area contributed by atoms with Gasteiger partial charge in [-0.2, -0.15) is 0 Å². The molecule has 1 heterocycles. The van der Waals surface area contributed by atoms with Gasteiger partial charge in [0.2, 0.25) is 0 Å². The largest absolute Gasteiger partial charge is 0.482 e. The van der Waals surface area contributed by atoms with Crippen molar-refractivity contribution < 1.29 is 14.3 Å². The molecule has 132 valence electrons. The minimum Gasteiger partial charge on any atom is -0.482 e. The SMILES string of the molecule is Cc1ccc(NC(=O)NCc2cccnc2)c(OCC(=O)N(C)C)c1. The van der Waals surface area contributed by atoms with Gasteiger partial charge in [0.05, 0.1) is 5.69 Å². The van der Waals surface area contributed by atoms with Crippen molar-refractivity contribution in [3.05, 3.63) is 53.9 Å². The van der Waals surface area contributed by atoms with Gasteiger partial charge in [-0.25, -0.2) is 4.79 Å². The molecule has 3 amide bonds. The number of likely N-dealkylation sites (N-methyl/N-ethyl adjacent to an activating group) is 1. The summed E-state index contributed by atoms with van der Waals surface area (Å²) in [5.74, 6) is 0.292. The number of nitrogens with zero attached hydrogens (tertiary/aromatic N) is 2. The number of hydrogen-bond donors (Lipinski definition) is 2. The molecule has 7 nitrogen and oxygen atoms in total. The van der Waals surface area contributed by atoms with Crippen LogP contribution in [0.25, 0.3) is 0 Å². The number of carbonyl (C=O) groups is 2. The van der Waals surface area contributed by atoms with Crippen LogP contribution in [0.4, 0.5) is 10.5 Å². The highest BCUT2D eigenvalue weighted by Crippen LogP contribution is 2.25. The van der Waals surface area contributed by atoms with E-state index in [4.69, 9.17) is 4.74 Å². The first kappa shape index (κ1) is 18.3. The van der Waals surface area contributed by atoms with E-state index in [1.807, 2.05) is 25.1 Å². The summed E-state index contributed by atoms with van der Waals surface area (Å²) in [6, 6.07) is 8.70. The third kappa shape index (κ3) is 5.80. The molecule has 7 heteroatoms. The summed E-state index contributed by atoms with van der Waals surface area (Å²) in [6.07, 6.45) is 3.36. The minimum atomic E-state index is -0.364. The zero-order chi connectivity index (χ0) is 18.2. The number of nitrogens with one attached hydrogen (secondary N) is 2. The maximum atomic E-state index is 12.1. The lowest BCUT2D eigenvalue weighted by Gasteiger charge is -2.15. The van der Waals surface area contributed by atoms with Crippen LogP contribution in [-0.4, -0.2) is 42.5 Å². The standard InChI is InChI=1S/C18H22N4O3/c1-13-6-7-15(16(9-13)25-12-17(23)22(2)3)21-18(24)20-11-14-5-4-8-19-10-14/h4-10H,11-12H2,1-3H3,(H2,20,21,24). The first-order chi connectivity index (χ1) is 12.0. The molecule has 25 heavy (non-hydrogen) atoms. The molecular formula is C18H22N4O3. The average Bonchev–Trinajstić information content (AvgIpc) is 2.60. The number of benzene rings is 1. The first-order valence-electron chi connectivity index (χ1n) is 7.83. The third-order valence-corrected chi connectivity index (χ3v) is 3.41. The van der Waals surface area contributed by atoms with E-state index >= 15 is 0 Å². The Morgan fingerprint density at radius 2 is 2.04 bits per heavy atom. The highest BCUT2D eigenvalue weighted by atomic mass is 16.5. The van der Waals surface area contributed by atoms with Gasteiger partial charge >= 0.3 is 6.03 Å². The summed E-state index contributed by atoms with van der Waals surface area (Å²) in [5, 5.41) is 5.49. The topological polar surface area (TPSA) is 83.6 Å². The number of pyridine rings is 1. The van der Waals surface area contributed by atoms with Gasteiger partial charge in [-0.15, -0.1) is 0 Å². The first-order valence-corrected chi connectivity index (χ1v) is 7.83. The lowest BCUT2D eigenvalue weighted by molar-refractivity contribution is -0.130. The maximum absolute atomic E-state index is 12.1. The summed E-state index contributed by atoms with van der Waals surface area (Å²) < 4.78 is 5.56. The second kappa shape index (κ2) is 8.68. The number of aromatic nitrogens is 1. The number of urea groups is 1. The van der Waals surface area contributed by atoms with E-state index < -0.39 is 0 Å². The van der Waals surface area contributed by atoms with Crippen molar-refractivity contribution in [3.63, 3.8) is 0 Å². The molecule has 0 radical (unpaired) electrons. The fraction of sp³-hybridized carbons (Fsp3) is 0.278. The van der Waals surface area contributed by atoms with Crippen LogP contribution < -0.4 is 15.4 Å². The van der Waals surface area contributed by atoms with Gasteiger partial charge in [-0.3, -0.25) is 9.78 Å². The van der Waals surface area contributed by atoms with Crippen molar-refractivity contribution in [3.8, 4) is 5.75 Å². The predicted octanol–water partition coefficient (Wildman–Crippen LogP) is 2.18. The van der Waals surface area contributed by atoms with E-state index in [2.05, 4.69) is 15.6 Å². The summed E-state index contributed by atoms with van der Waals surface area (Å²) in [5.41, 5.74) is 2.36. The fourth-order valence-electron chi connectivity index (χ4n) is 1.97. The highest BCUT2D eigenvalue weighted by molar-refractivity contribution is 5.91. The number of rotatable bonds is 6. The van der Waals surface area contributed by atoms with Crippen molar-refractivity contribution >= 4 is 17.6 Å². The molecule has 0 aliphatic rings. The van der Waals surface area contributed by atoms with E-state index in [-0.39, 0.29) is 18.5 Å². The molecule has 0 fully saturated rings. The zero-order valence-corrected chi connectivity index (χ0v) is 14.6. The Hall–Kier alpha value is -3.09. The smallest absolute Gasteiger partial charge is 0.319 e. The molecule has 2 aromatic rings. The molecule has 0 bridgehead atoms. The predicted molar refractivity (Wildman–Crippen MR) is 95.5 cm³/mol. The molecule has 0 saturated carbocycles. The Labute approximate surface area is 147 Å². The van der Waals surface area contributed by atoms with Crippen LogP contribution in [0.1, 0.15) is 11.1 Å². The molecule has 1 aromatic carbocycles. The van der Waals surface area contributed by atoms with Crippen LogP contribution in [0, 0.1) is 6.92 Å². The van der Waals surface area contributed by atoms with E-state index in [1.54, 1.807) is 38.6 Å². The second-order valence-electron chi connectivity index (χ2n) is 5.75. The highest BCUT2D eigenvalue weighted by Gasteiger charge is 2.11. The molecule has 1 aromatic heterocycles. The van der Waals surface area contributed by atoms with Crippen LogP contribution >= 0.6 is 0 Å². The van der Waals surface area contributed by atoms with E-state index in [0.717, 1.165) is 11.1 Å². The van der Waals surface area contributed by atoms with Crippen molar-refractivity contribution in [2.75, 3.05) is 26.0 Å². The van der Waals surface area contributed by atoms with E-state index in [9.17, 15) is 9.59 Å². The van der Waals surface area contributed by atoms with Crippen LogP contribution in [0.2, 0.25) is 0 Å². The molecule has 2 rings (SSSR count). The number of aryl methyl sites for hydroxylation is 1. The summed E-state index contributed by atoms with van der Waals surface area (Å²) >= 11 is 0. The lowest BCUT2D eigenvalue weighted by atomic mass is 10.2. The monoisotopic (exact) mass is 342 g/mol. The molecule has 2 N–H and O–H groups in total. The molecule has 0 spiro atoms. The van der Waals surface area contributed by atoms with Gasteiger partial charge in [-0.1, -0.05) is 12.1 Å². The van der Waals surface area contributed by atoms with Crippen LogP contribution in [0.3, 0.4) is 0 Å². The summed E-state index contributed by atoms with van der Waals surface area (Å²) in [6.45, 7) is 2.18. The summed E-state index contributed by atoms with van der Waals surface area (Å²) in [4.78, 5) is 29.2. The van der Waals surface area contributed by atoms with Gasteiger partial charge in [0.15, 0.2) is 6.61 Å². The third-order valence-electron chi connectivity index (χ3n) is 3.41. The molecular weight excluding hydrogens is 320 g/mol. The Balaban J connectivity index is 1.98.